The largest absolute Gasteiger partial charge is 0.523 e. The quantitative estimate of drug-likeness (QED) is 0.0188. The summed E-state index contributed by atoms with van der Waals surface area (Å²) in [4.78, 5) is 99.9. The van der Waals surface area contributed by atoms with Crippen molar-refractivity contribution in [3.05, 3.63) is 35.9 Å². The van der Waals surface area contributed by atoms with Gasteiger partial charge in [-0.05, 0) is 115 Å². The van der Waals surface area contributed by atoms with Crippen molar-refractivity contribution in [3.63, 3.8) is 0 Å². The van der Waals surface area contributed by atoms with Gasteiger partial charge in [0, 0.05) is 16.1 Å². The van der Waals surface area contributed by atoms with E-state index in [9.17, 15) is 176 Å². The number of hydrogen-bond donors (Lipinski definition) is 2. The number of carbonyl (C=O) groups is 9. The maximum absolute atomic E-state index is 13.5. The second-order valence-electron chi connectivity index (χ2n) is 22.6. The van der Waals surface area contributed by atoms with Gasteiger partial charge < -0.3 is 43.4 Å². The second-order valence-corrected chi connectivity index (χ2v) is 28.3. The standard InChI is InChI=1S/C31H39ClF8O10.C7H10BrFO4.C6H11BrO3.C4HClF6O2.C3H2F6O.C2H3ClO.2C2H2F4.CH3Br.F2/c1-26(2,23(43)49-14-13-47-22(42)21(31(38,39)40)50-30(36,37)18-29(33,34)35)17-27(3,24(44)48-12-11-41)15-20(19-9-7-6-8-10-19)16-28(4,32)25(45)46-5;1-7(2,8)5(10)12-3-4-13-6(9)11;1-6(2,7)5(9)10-4-3-8;5-2(12)1(3(6,7)8)13-4(9,10)11;4-2(5,6)1-10-3(7,8)9;1-2(3)4;2*3-1-2(4,5)6;2*1-2/h6-10,20-21,41H,11-18H2,1-5H3;3-4H2,1-2H3;8H,3-4H2,1-2H3;1H;1H2;1H3;2*1H2;1H3;. The Kier molecular flexibility index (Phi) is 66.1. The molecule has 0 saturated heterocycles. The molecule has 1 aromatic carbocycles. The van der Waals surface area contributed by atoms with Crippen molar-refractivity contribution in [3.8, 4) is 0 Å². The van der Waals surface area contributed by atoms with E-state index >= 15 is 0 Å². The molecule has 2 N–H and O–H groups in total. The lowest BCUT2D eigenvalue weighted by atomic mass is 9.67. The van der Waals surface area contributed by atoms with Crippen molar-refractivity contribution in [1.82, 2.24) is 0 Å². The number of hydrogen-bond acceptors (Lipinski definition) is 21. The van der Waals surface area contributed by atoms with Crippen LogP contribution in [0.4, 0.5) is 141 Å². The van der Waals surface area contributed by atoms with Gasteiger partial charge in [-0.1, -0.05) is 78.1 Å². The maximum atomic E-state index is 13.5. The third kappa shape index (κ3) is 79.9. The molecule has 0 aliphatic heterocycles. The van der Waals surface area contributed by atoms with E-state index in [-0.39, 0.29) is 56.9 Å². The van der Waals surface area contributed by atoms with E-state index in [1.54, 1.807) is 58.0 Å². The fourth-order valence-corrected chi connectivity index (χ4v) is 7.10. The molecule has 0 saturated carbocycles. The number of rotatable bonds is 29. The van der Waals surface area contributed by atoms with E-state index in [0.29, 0.717) is 5.56 Å². The SMILES string of the molecule is CBr.CC(=O)Cl.CC(C)(Br)C(=O)OCCO.CC(C)(Br)C(=O)OCCOC(=O)F.COC(=O)C(C)(Cl)CC(CC(C)(CC(C)(C)C(=O)OCCOC(=O)C(OC(F)(F)CC(F)(F)F)C(F)(F)F)C(=O)OCCO)c1ccccc1.FC(F)(F)COC(F)(F)F.FCC(F)(F)F.FCC(F)(F)F.FF.O=C(Cl)C(OC(F)(F)F)C(F)(F)F. The summed E-state index contributed by atoms with van der Waals surface area (Å²) >= 11 is 24.5. The van der Waals surface area contributed by atoms with Gasteiger partial charge >= 0.3 is 97.9 Å². The van der Waals surface area contributed by atoms with Gasteiger partial charge in [-0.2, -0.15) is 87.8 Å². The maximum Gasteiger partial charge on any atom is 0.523 e. The smallest absolute Gasteiger partial charge is 0.468 e. The van der Waals surface area contributed by atoms with Crippen LogP contribution in [0.15, 0.2) is 30.3 Å². The number of aliphatic hydroxyl groups is 2. The molecule has 1 aromatic rings. The Morgan fingerprint density at radius 1 is 0.466 bits per heavy atom. The first-order valence-electron chi connectivity index (χ1n) is 29.6. The Labute approximate surface area is 677 Å². The Bertz CT molecular complexity index is 2890. The monoisotopic (exact) mass is 2040 g/mol. The van der Waals surface area contributed by atoms with Gasteiger partial charge in [0.1, 0.15) is 59.6 Å². The molecule has 0 fully saturated rings. The summed E-state index contributed by atoms with van der Waals surface area (Å²) in [6, 6.07) is 8.59. The van der Waals surface area contributed by atoms with Crippen molar-refractivity contribution >= 4 is 135 Å². The number of alkyl halides is 32. The van der Waals surface area contributed by atoms with E-state index < -0.39 is 192 Å². The van der Waals surface area contributed by atoms with Crippen LogP contribution in [-0.2, 0) is 85.7 Å². The zero-order valence-electron chi connectivity index (χ0n) is 60.9. The molecule has 0 spiro atoms. The lowest BCUT2D eigenvalue weighted by Crippen LogP contribution is -2.46. The van der Waals surface area contributed by atoms with Gasteiger partial charge in [0.2, 0.25) is 11.3 Å². The minimum absolute atomic E-state index is 0.0465. The molecule has 5 atom stereocenters. The van der Waals surface area contributed by atoms with Crippen LogP contribution < -0.4 is 0 Å². The number of carbonyl (C=O) groups excluding carboxylic acids is 9. The van der Waals surface area contributed by atoms with E-state index in [2.05, 4.69) is 104 Å². The van der Waals surface area contributed by atoms with Gasteiger partial charge in [-0.15, -0.1) is 42.3 Å². The first-order valence-corrected chi connectivity index (χ1v) is 33.9. The normalized spacial score (nSPS) is 13.7. The molecule has 1 rings (SSSR count). The second kappa shape index (κ2) is 59.5. The molecule has 0 aliphatic rings. The summed E-state index contributed by atoms with van der Waals surface area (Å²) in [6.45, 7) is 3.18. The molecule has 5 unspecified atom stereocenters. The molecule has 690 valence electrons. The first kappa shape index (κ1) is 129. The molecule has 0 radical (unpaired) electrons. The highest BCUT2D eigenvalue weighted by atomic mass is 79.9. The summed E-state index contributed by atoms with van der Waals surface area (Å²) < 4.78 is 387. The van der Waals surface area contributed by atoms with E-state index in [1.807, 2.05) is 5.83 Å². The summed E-state index contributed by atoms with van der Waals surface area (Å²) in [7, 11) is 1.14. The predicted molar refractivity (Wildman–Crippen MR) is 349 cm³/mol. The third-order valence-corrected chi connectivity index (χ3v) is 11.6. The van der Waals surface area contributed by atoms with E-state index in [1.165, 1.54) is 34.6 Å². The van der Waals surface area contributed by atoms with Gasteiger partial charge in [0.25, 0.3) is 11.3 Å². The van der Waals surface area contributed by atoms with Crippen LogP contribution in [-0.4, -0.2) is 230 Å². The molecule has 0 bridgehead atoms. The molecular weight excluding hydrogens is 1970 g/mol. The molecule has 0 aliphatic carbocycles. The van der Waals surface area contributed by atoms with E-state index in [0.717, 1.165) is 7.11 Å². The zero-order chi connectivity index (χ0) is 94.7. The van der Waals surface area contributed by atoms with Crippen LogP contribution in [0.5, 0.6) is 0 Å². The summed E-state index contributed by atoms with van der Waals surface area (Å²) in [5, 5.41) is 14.9. The number of esters is 6. The molecule has 116 heavy (non-hydrogen) atoms. The number of aliphatic hydroxyl groups excluding tert-OH is 2. The predicted octanol–water partition coefficient (Wildman–Crippen LogP) is 18.7. The molecular formula is C58H73Br3Cl3F31O21. The molecule has 21 nitrogen and oxygen atoms in total. The van der Waals surface area contributed by atoms with Gasteiger partial charge in [0.05, 0.1) is 31.2 Å². The minimum Gasteiger partial charge on any atom is -0.468 e. The Morgan fingerprint density at radius 3 is 1.09 bits per heavy atom. The van der Waals surface area contributed by atoms with Crippen molar-refractivity contribution < 1.29 is 237 Å². The summed E-state index contributed by atoms with van der Waals surface area (Å²) in [5.41, 5.74) is -2.47. The van der Waals surface area contributed by atoms with Crippen molar-refractivity contribution in [1.29, 1.82) is 0 Å². The van der Waals surface area contributed by atoms with Gasteiger partial charge in [-0.3, -0.25) is 47.8 Å². The lowest BCUT2D eigenvalue weighted by molar-refractivity contribution is -0.369. The zero-order valence-corrected chi connectivity index (χ0v) is 67.9. The topological polar surface area (TPSA) is 286 Å². The molecule has 0 aromatic heterocycles. The highest BCUT2D eigenvalue weighted by molar-refractivity contribution is 9.10. The van der Waals surface area contributed by atoms with Crippen LogP contribution >= 0.6 is 82.6 Å². The Balaban J connectivity index is -0.000000198. The molecule has 0 amide bonds. The highest BCUT2D eigenvalue weighted by Gasteiger charge is 2.56. The number of ether oxygens (including phenoxy) is 10. The van der Waals surface area contributed by atoms with Crippen molar-refractivity contribution in [2.45, 2.75) is 176 Å². The van der Waals surface area contributed by atoms with Crippen LogP contribution in [0.25, 0.3) is 0 Å². The number of halogens is 37. The van der Waals surface area contributed by atoms with Crippen LogP contribution in [0, 0.1) is 10.8 Å². The first-order chi connectivity index (χ1) is 51.6. The summed E-state index contributed by atoms with van der Waals surface area (Å²) in [6.07, 6.45) is -60.6. The fraction of sp³-hybridized carbons (Fsp3) is 0.741. The van der Waals surface area contributed by atoms with Crippen LogP contribution in [0.2, 0.25) is 0 Å². The average molecular weight is 2040 g/mol. The number of benzene rings is 1. The average Bonchev–Trinajstić information content (AvgIpc) is 0.788. The number of methoxy groups -OCH3 is 1. The molecule has 0 heterocycles. The Hall–Kier alpha value is -5.21. The van der Waals surface area contributed by atoms with Crippen molar-refractivity contribution in [2.75, 3.05) is 85.8 Å². The van der Waals surface area contributed by atoms with Crippen LogP contribution in [0.3, 0.4) is 0 Å². The third-order valence-electron chi connectivity index (χ3n) is 10.5. The highest BCUT2D eigenvalue weighted by Crippen LogP contribution is 2.46. The Morgan fingerprint density at radius 2 is 0.810 bits per heavy atom. The fourth-order valence-electron chi connectivity index (χ4n) is 6.44. The summed E-state index contributed by atoms with van der Waals surface area (Å²) in [5.74, 6) is -4.85. The van der Waals surface area contributed by atoms with Crippen LogP contribution in [0.1, 0.15) is 99.5 Å². The van der Waals surface area contributed by atoms with E-state index in [4.69, 9.17) is 40.1 Å². The van der Waals surface area contributed by atoms with Gasteiger partial charge in [0.15, 0.2) is 20.0 Å². The lowest BCUT2D eigenvalue weighted by Gasteiger charge is -2.38. The molecule has 58 heteroatoms. The van der Waals surface area contributed by atoms with Gasteiger partial charge in [-0.25, -0.2) is 18.4 Å². The minimum atomic E-state index is -5.89. The van der Waals surface area contributed by atoms with Crippen molar-refractivity contribution in [2.24, 2.45) is 10.8 Å².